The molecule has 10 rings (SSSR count). The van der Waals surface area contributed by atoms with E-state index < -0.39 is 22.3 Å². The molecule has 0 radical (unpaired) electrons. The minimum absolute atomic E-state index is 0. The lowest BCUT2D eigenvalue weighted by atomic mass is 9.77. The van der Waals surface area contributed by atoms with E-state index in [1.54, 1.807) is 21.6 Å². The van der Waals surface area contributed by atoms with Gasteiger partial charge in [0.1, 0.15) is 24.7 Å². The number of hydrogen-bond acceptors (Lipinski definition) is 12. The van der Waals surface area contributed by atoms with Gasteiger partial charge in [0.05, 0.1) is 37.7 Å². The van der Waals surface area contributed by atoms with Crippen LogP contribution in [0.3, 0.4) is 0 Å². The van der Waals surface area contributed by atoms with E-state index in [1.807, 2.05) is 24.3 Å². The molecule has 6 aliphatic heterocycles. The Morgan fingerprint density at radius 1 is 0.591 bits per heavy atom. The summed E-state index contributed by atoms with van der Waals surface area (Å²) in [5.74, 6) is 3.10. The summed E-state index contributed by atoms with van der Waals surface area (Å²) in [5, 5.41) is 6.23. The van der Waals surface area contributed by atoms with Crippen molar-refractivity contribution in [3.8, 4) is 11.5 Å². The van der Waals surface area contributed by atoms with E-state index in [4.69, 9.17) is 18.9 Å². The van der Waals surface area contributed by atoms with Gasteiger partial charge >= 0.3 is 0 Å². The number of anilines is 4. The van der Waals surface area contributed by atoms with E-state index in [-0.39, 0.29) is 14.7 Å². The molecule has 350 valence electrons. The number of carbonyl (C=O) groups excluding carboxylic acids is 2. The fourth-order valence-electron chi connectivity index (χ4n) is 10.7. The van der Waals surface area contributed by atoms with Crippen LogP contribution in [0.4, 0.5) is 22.7 Å². The van der Waals surface area contributed by atoms with E-state index in [9.17, 15) is 9.59 Å². The molecule has 6 aliphatic rings. The molecule has 4 aromatic carbocycles. The lowest BCUT2D eigenvalue weighted by Gasteiger charge is -2.39. The number of nitrogens with one attached hydrogen (secondary N) is 2. The molecule has 2 unspecified atom stereocenters. The standard InChI is InChI=1S/C52H60N6O6S2.2H2/c1-49(2)39-33-37(9-13-41(39)57-23-27-63-51(49,57)17-15-35-7-11-43-45(31-35)61-25-21-55(43)5)47(59)53-19-29-65-66-30-20-54-48(60)38-10-14-42-40(34-38)50(3,4)52(58(42)24-28-64-52)18-16-36-8-12-44-46(32-36)62-26-22-56(44)6;;/h7-18,31-34H,19-30H2,1-6H3,(H,53,59)(H,54,60);2*1H/b17-15+,18-16+;;. The second kappa shape index (κ2) is 17.4. The van der Waals surface area contributed by atoms with Crippen LogP contribution in [0.1, 0.15) is 73.5 Å². The van der Waals surface area contributed by atoms with Crippen LogP contribution < -0.4 is 39.7 Å². The number of amides is 2. The summed E-state index contributed by atoms with van der Waals surface area (Å²) in [6, 6.07) is 24.7. The second-order valence-corrected chi connectivity index (χ2v) is 21.6. The van der Waals surface area contributed by atoms with E-state index in [0.29, 0.717) is 50.6 Å². The molecule has 0 aromatic heterocycles. The number of ether oxygens (including phenoxy) is 4. The molecule has 12 nitrogen and oxygen atoms in total. The molecule has 4 aromatic rings. The Labute approximate surface area is 399 Å². The van der Waals surface area contributed by atoms with Crippen LogP contribution in [-0.4, -0.2) is 115 Å². The third-order valence-electron chi connectivity index (χ3n) is 14.5. The highest BCUT2D eigenvalue weighted by Gasteiger charge is 2.60. The zero-order chi connectivity index (χ0) is 45.8. The first-order valence-electron chi connectivity index (χ1n) is 23.1. The normalized spacial score (nSPS) is 22.9. The van der Waals surface area contributed by atoms with E-state index in [2.05, 4.69) is 145 Å². The molecule has 6 heterocycles. The predicted molar refractivity (Wildman–Crippen MR) is 273 cm³/mol. The van der Waals surface area contributed by atoms with Gasteiger partial charge in [-0.15, -0.1) is 0 Å². The summed E-state index contributed by atoms with van der Waals surface area (Å²) < 4.78 is 25.1. The van der Waals surface area contributed by atoms with Crippen LogP contribution >= 0.6 is 21.6 Å². The summed E-state index contributed by atoms with van der Waals surface area (Å²) in [5.41, 5.74) is 7.83. The Balaban J connectivity index is 0.00000312. The van der Waals surface area contributed by atoms with Gasteiger partial charge in [-0.2, -0.15) is 0 Å². The van der Waals surface area contributed by atoms with Crippen molar-refractivity contribution in [1.82, 2.24) is 10.6 Å². The Bertz CT molecular complexity index is 2450. The van der Waals surface area contributed by atoms with Crippen molar-refractivity contribution >= 4 is 68.3 Å². The predicted octanol–water partition coefficient (Wildman–Crippen LogP) is 8.45. The number of rotatable bonds is 13. The number of carbonyl (C=O) groups is 2. The Kier molecular flexibility index (Phi) is 11.8. The zero-order valence-electron chi connectivity index (χ0n) is 38.8. The molecule has 14 heteroatoms. The topological polar surface area (TPSA) is 108 Å². The summed E-state index contributed by atoms with van der Waals surface area (Å²) in [6.45, 7) is 15.8. The fourth-order valence-corrected chi connectivity index (χ4v) is 12.5. The van der Waals surface area contributed by atoms with Crippen LogP contribution in [0.15, 0.2) is 84.9 Å². The number of hydrogen-bond donors (Lipinski definition) is 2. The van der Waals surface area contributed by atoms with E-state index in [0.717, 1.165) is 94.2 Å². The minimum Gasteiger partial charge on any atom is -0.490 e. The SMILES string of the molecule is CN1CCOc2cc(/C=C/C34OCCN3c3ccc(C(=O)NCCSSCCNC(=O)c5ccc6c(c5)C(C)(C)C5(/C=C/c7ccc8c(c7)OCCN8C)OCCN65)cc3C4(C)C)ccc21.[HH].[HH]. The second-order valence-electron chi connectivity index (χ2n) is 18.9. The molecular weight excluding hydrogens is 869 g/mol. The maximum atomic E-state index is 13.4. The van der Waals surface area contributed by atoms with Crippen LogP contribution in [0.5, 0.6) is 11.5 Å². The summed E-state index contributed by atoms with van der Waals surface area (Å²) in [7, 11) is 7.56. The summed E-state index contributed by atoms with van der Waals surface area (Å²) in [4.78, 5) is 36.0. The first kappa shape index (κ1) is 44.6. The average molecular weight is 933 g/mol. The first-order chi connectivity index (χ1) is 31.8. The molecule has 66 heavy (non-hydrogen) atoms. The van der Waals surface area contributed by atoms with Gasteiger partial charge in [0.25, 0.3) is 11.8 Å². The van der Waals surface area contributed by atoms with E-state index >= 15 is 0 Å². The van der Waals surface area contributed by atoms with Crippen LogP contribution in [0.25, 0.3) is 12.2 Å². The maximum absolute atomic E-state index is 13.4. The third-order valence-corrected chi connectivity index (χ3v) is 16.9. The molecule has 2 atom stereocenters. The number of benzene rings is 4. The summed E-state index contributed by atoms with van der Waals surface area (Å²) in [6.07, 6.45) is 8.63. The van der Waals surface area contributed by atoms with Crippen molar-refractivity contribution < 1.29 is 31.4 Å². The smallest absolute Gasteiger partial charge is 0.251 e. The quantitative estimate of drug-likeness (QED) is 0.0993. The lowest BCUT2D eigenvalue weighted by molar-refractivity contribution is 0.000267. The largest absolute Gasteiger partial charge is 0.490 e. The number of fused-ring (bicyclic) bond motifs is 8. The average Bonchev–Trinajstić information content (AvgIpc) is 4.04. The molecule has 2 saturated heterocycles. The number of likely N-dealkylation sites (N-methyl/N-ethyl adjacent to an activating group) is 2. The van der Waals surface area contributed by atoms with Gasteiger partial charge in [0, 0.05) is 88.0 Å². The Morgan fingerprint density at radius 2 is 1.02 bits per heavy atom. The molecule has 0 spiro atoms. The van der Waals surface area contributed by atoms with Crippen molar-refractivity contribution in [2.24, 2.45) is 0 Å². The lowest BCUT2D eigenvalue weighted by Crippen LogP contribution is -2.51. The fraction of sp³-hybridized carbons (Fsp3) is 0.423. The van der Waals surface area contributed by atoms with Crippen LogP contribution in [0.2, 0.25) is 0 Å². The molecule has 0 bridgehead atoms. The summed E-state index contributed by atoms with van der Waals surface area (Å²) >= 11 is 0. The van der Waals surface area contributed by atoms with Crippen LogP contribution in [-0.2, 0) is 20.3 Å². The number of nitrogens with zero attached hydrogens (tertiary/aromatic N) is 4. The van der Waals surface area contributed by atoms with Crippen molar-refractivity contribution in [3.05, 3.63) is 118 Å². The van der Waals surface area contributed by atoms with Gasteiger partial charge in [0.15, 0.2) is 11.4 Å². The van der Waals surface area contributed by atoms with Gasteiger partial charge in [-0.1, -0.05) is 73.6 Å². The van der Waals surface area contributed by atoms with Gasteiger partial charge in [0.2, 0.25) is 0 Å². The van der Waals surface area contributed by atoms with Gasteiger partial charge < -0.3 is 49.2 Å². The molecular formula is C52H64N6O6S2. The molecule has 0 aliphatic carbocycles. The monoisotopic (exact) mass is 932 g/mol. The van der Waals surface area contributed by atoms with E-state index in [1.165, 1.54) is 0 Å². The maximum Gasteiger partial charge on any atom is 0.251 e. The van der Waals surface area contributed by atoms with Gasteiger partial charge in [-0.3, -0.25) is 9.59 Å². The van der Waals surface area contributed by atoms with Crippen molar-refractivity contribution in [1.29, 1.82) is 0 Å². The third kappa shape index (κ3) is 7.48. The Morgan fingerprint density at radius 3 is 1.45 bits per heavy atom. The van der Waals surface area contributed by atoms with Crippen LogP contribution in [0, 0.1) is 0 Å². The molecule has 2 N–H and O–H groups in total. The Hall–Kier alpha value is -5.28. The van der Waals surface area contributed by atoms with Crippen molar-refractivity contribution in [2.75, 3.05) is 111 Å². The van der Waals surface area contributed by atoms with Gasteiger partial charge in [-0.25, -0.2) is 0 Å². The molecule has 2 amide bonds. The first-order valence-corrected chi connectivity index (χ1v) is 25.6. The van der Waals surface area contributed by atoms with Crippen molar-refractivity contribution in [2.45, 2.75) is 50.0 Å². The highest BCUT2D eigenvalue weighted by atomic mass is 33.1. The minimum atomic E-state index is -0.671. The highest BCUT2D eigenvalue weighted by molar-refractivity contribution is 8.76. The van der Waals surface area contributed by atoms with Crippen molar-refractivity contribution in [3.63, 3.8) is 0 Å². The zero-order valence-corrected chi connectivity index (χ0v) is 40.4. The molecule has 2 fully saturated rings. The van der Waals surface area contributed by atoms with Gasteiger partial charge in [-0.05, 0) is 95.1 Å². The highest BCUT2D eigenvalue weighted by Crippen LogP contribution is 2.57. The molecule has 0 saturated carbocycles.